The van der Waals surface area contributed by atoms with Crippen molar-refractivity contribution in [1.82, 2.24) is 39.0 Å². The molecule has 0 fully saturated rings. The van der Waals surface area contributed by atoms with Crippen LogP contribution in [0.1, 0.15) is 0 Å². The van der Waals surface area contributed by atoms with Gasteiger partial charge in [0.05, 0.1) is 67.6 Å². The fourth-order valence-corrected chi connectivity index (χ4v) is 14.0. The Hall–Kier alpha value is -13.3. The van der Waals surface area contributed by atoms with Crippen LogP contribution in [0.15, 0.2) is 352 Å². The highest BCUT2D eigenvalue weighted by molar-refractivity contribution is 6.13. The predicted molar refractivity (Wildman–Crippen MR) is 402 cm³/mol. The van der Waals surface area contributed by atoms with E-state index >= 15 is 0 Å². The second-order valence-corrected chi connectivity index (χ2v) is 24.6. The topological polar surface area (TPSA) is 87.2 Å². The van der Waals surface area contributed by atoms with Gasteiger partial charge in [0.15, 0.2) is 5.82 Å². The van der Waals surface area contributed by atoms with Crippen molar-refractivity contribution < 1.29 is 0 Å². The molecule has 0 aliphatic rings. The van der Waals surface area contributed by atoms with Crippen molar-refractivity contribution in [2.24, 2.45) is 0 Å². The zero-order valence-corrected chi connectivity index (χ0v) is 53.1. The minimum Gasteiger partial charge on any atom is -0.309 e. The van der Waals surface area contributed by atoms with E-state index in [1.54, 1.807) is 0 Å². The third kappa shape index (κ3) is 10.6. The van der Waals surface area contributed by atoms with Crippen LogP contribution in [0.3, 0.4) is 0 Å². The molecule has 458 valence electrons. The first-order valence-corrected chi connectivity index (χ1v) is 32.9. The molecule has 8 heteroatoms. The van der Waals surface area contributed by atoms with Gasteiger partial charge in [-0.3, -0.25) is 19.9 Å². The summed E-state index contributed by atoms with van der Waals surface area (Å²) < 4.78 is 4.88. The SMILES string of the molecule is c1ccc(-c2cc(-c3ccc4c5ccc(-c6ccnc(-c7ccccc7)c6)cc5n(-c5ccccc5-c5cc(-c6ccccc6-n6c7cc(-c8ccnc(-c9ccccc9)c8)ccc7c7ccc(-c8ccnc(-c9ccccc9)c8)cc76)nc(-c6ccccc6)n5)c4c3)ccn2)cc1. The standard InChI is InChI=1S/C90H58N8/c1-6-20-59(21-7-1)78-50-68(42-46-91-78)64-34-38-72-73-39-35-65(69-43-47-92-79(51-69)60-22-8-2-9-23-60)55-87(73)97(86(72)54-64)84-32-18-16-30-76(84)82-58-83(96-90(95-82)63-28-14-5-15-29-63)77-31-17-19-33-85(77)98-88-56-66(70-44-48-93-80(52-70)61-24-10-3-11-25-61)36-40-74(88)75-41-37-67(57-89(75)98)71-45-49-94-81(53-71)62-26-12-4-13-27-62/h1-58H. The van der Waals surface area contributed by atoms with Crippen LogP contribution in [0.2, 0.25) is 0 Å². The normalized spacial score (nSPS) is 11.5. The molecule has 8 nitrogen and oxygen atoms in total. The summed E-state index contributed by atoms with van der Waals surface area (Å²) in [7, 11) is 0. The van der Waals surface area contributed by atoms with E-state index in [9.17, 15) is 0 Å². The summed E-state index contributed by atoms with van der Waals surface area (Å²) in [4.78, 5) is 30.6. The molecule has 0 amide bonds. The Kier molecular flexibility index (Phi) is 14.4. The summed E-state index contributed by atoms with van der Waals surface area (Å²) in [5.74, 6) is 0.610. The third-order valence-corrected chi connectivity index (χ3v) is 18.8. The molecule has 0 bridgehead atoms. The predicted octanol–water partition coefficient (Wildman–Crippen LogP) is 22.6. The van der Waals surface area contributed by atoms with Gasteiger partial charge in [-0.05, 0) is 136 Å². The first-order valence-electron chi connectivity index (χ1n) is 32.9. The monoisotopic (exact) mass is 1250 g/mol. The Labute approximate surface area is 566 Å². The first-order chi connectivity index (χ1) is 48.6. The van der Waals surface area contributed by atoms with Crippen molar-refractivity contribution in [1.29, 1.82) is 0 Å². The quantitative estimate of drug-likeness (QED) is 0.114. The molecule has 0 spiro atoms. The molecule has 0 unspecified atom stereocenters. The smallest absolute Gasteiger partial charge is 0.160 e. The first kappa shape index (κ1) is 57.4. The number of para-hydroxylation sites is 2. The highest BCUT2D eigenvalue weighted by Crippen LogP contribution is 2.44. The fourth-order valence-electron chi connectivity index (χ4n) is 14.0. The van der Waals surface area contributed by atoms with Gasteiger partial charge in [0.25, 0.3) is 0 Å². The van der Waals surface area contributed by atoms with Gasteiger partial charge in [-0.15, -0.1) is 0 Å². The summed E-state index contributed by atoms with van der Waals surface area (Å²) in [5, 5.41) is 4.51. The van der Waals surface area contributed by atoms with Crippen LogP contribution in [-0.4, -0.2) is 39.0 Å². The minimum absolute atomic E-state index is 0.610. The van der Waals surface area contributed by atoms with Crippen LogP contribution < -0.4 is 0 Å². The zero-order chi connectivity index (χ0) is 64.9. The van der Waals surface area contributed by atoms with E-state index in [0.717, 1.165) is 173 Å². The Morgan fingerprint density at radius 2 is 0.439 bits per heavy atom. The minimum atomic E-state index is 0.610. The summed E-state index contributed by atoms with van der Waals surface area (Å²) in [6, 6.07) is 116. The number of aromatic nitrogens is 8. The molecule has 7 aromatic heterocycles. The van der Waals surface area contributed by atoms with Gasteiger partial charge in [-0.25, -0.2) is 9.97 Å². The molecule has 0 radical (unpaired) electrons. The van der Waals surface area contributed by atoms with Crippen molar-refractivity contribution in [2.75, 3.05) is 0 Å². The number of benzene rings is 11. The van der Waals surface area contributed by atoms with Crippen molar-refractivity contribution >= 4 is 43.6 Å². The van der Waals surface area contributed by atoms with Gasteiger partial charge in [0.2, 0.25) is 0 Å². The third-order valence-electron chi connectivity index (χ3n) is 18.8. The molecule has 0 atom stereocenters. The molecule has 0 N–H and O–H groups in total. The van der Waals surface area contributed by atoms with Crippen molar-refractivity contribution in [2.45, 2.75) is 0 Å². The van der Waals surface area contributed by atoms with Crippen molar-refractivity contribution in [3.8, 4) is 135 Å². The Morgan fingerprint density at radius 1 is 0.184 bits per heavy atom. The molecule has 0 aliphatic heterocycles. The van der Waals surface area contributed by atoms with Gasteiger partial charge in [-0.2, -0.15) is 0 Å². The zero-order valence-electron chi connectivity index (χ0n) is 53.1. The van der Waals surface area contributed by atoms with E-state index in [4.69, 9.17) is 29.9 Å². The van der Waals surface area contributed by atoms with Crippen LogP contribution in [0.5, 0.6) is 0 Å². The molecule has 98 heavy (non-hydrogen) atoms. The van der Waals surface area contributed by atoms with Crippen LogP contribution in [0.25, 0.3) is 178 Å². The second-order valence-electron chi connectivity index (χ2n) is 24.6. The van der Waals surface area contributed by atoms with Crippen molar-refractivity contribution in [3.63, 3.8) is 0 Å². The van der Waals surface area contributed by atoms with Crippen LogP contribution in [-0.2, 0) is 0 Å². The number of nitrogens with zero attached hydrogens (tertiary/aromatic N) is 8. The molecular weight excluding hydrogens is 1190 g/mol. The van der Waals surface area contributed by atoms with Crippen LogP contribution in [0.4, 0.5) is 0 Å². The number of pyridine rings is 4. The Bertz CT molecular complexity index is 5420. The fraction of sp³-hybridized carbons (Fsp3) is 0. The lowest BCUT2D eigenvalue weighted by molar-refractivity contribution is 1.14. The maximum absolute atomic E-state index is 5.62. The molecule has 7 heterocycles. The van der Waals surface area contributed by atoms with Gasteiger partial charge in [-0.1, -0.05) is 237 Å². The number of rotatable bonds is 13. The van der Waals surface area contributed by atoms with E-state index in [1.807, 2.05) is 55.1 Å². The maximum atomic E-state index is 5.62. The highest BCUT2D eigenvalue weighted by Gasteiger charge is 2.24. The summed E-state index contributed by atoms with van der Waals surface area (Å²) >= 11 is 0. The van der Waals surface area contributed by atoms with E-state index in [0.29, 0.717) is 5.82 Å². The van der Waals surface area contributed by atoms with Crippen LogP contribution in [0, 0.1) is 0 Å². The lowest BCUT2D eigenvalue weighted by Gasteiger charge is -2.18. The second kappa shape index (κ2) is 24.6. The van der Waals surface area contributed by atoms with E-state index in [2.05, 4.69) is 306 Å². The molecular formula is C90H58N8. The molecule has 11 aromatic carbocycles. The van der Waals surface area contributed by atoms with Gasteiger partial charge < -0.3 is 9.13 Å². The summed E-state index contributed by atoms with van der Waals surface area (Å²) in [6.45, 7) is 0. The van der Waals surface area contributed by atoms with Crippen molar-refractivity contribution in [3.05, 3.63) is 352 Å². The number of fused-ring (bicyclic) bond motifs is 6. The number of hydrogen-bond donors (Lipinski definition) is 0. The van der Waals surface area contributed by atoms with E-state index in [1.165, 1.54) is 0 Å². The van der Waals surface area contributed by atoms with Gasteiger partial charge in [0, 0.05) is 85.3 Å². The summed E-state index contributed by atoms with van der Waals surface area (Å²) in [6.07, 6.45) is 7.65. The number of hydrogen-bond acceptors (Lipinski definition) is 6. The lowest BCUT2D eigenvalue weighted by Crippen LogP contribution is -2.03. The Morgan fingerprint density at radius 3 is 0.735 bits per heavy atom. The maximum Gasteiger partial charge on any atom is 0.160 e. The molecule has 18 rings (SSSR count). The lowest BCUT2D eigenvalue weighted by atomic mass is 10.0. The largest absolute Gasteiger partial charge is 0.309 e. The molecule has 0 aliphatic carbocycles. The summed E-state index contributed by atoms with van der Waals surface area (Å²) in [5.41, 5.74) is 27.0. The van der Waals surface area contributed by atoms with Crippen LogP contribution >= 0.6 is 0 Å². The van der Waals surface area contributed by atoms with E-state index in [-0.39, 0.29) is 0 Å². The molecule has 0 saturated heterocycles. The highest BCUT2D eigenvalue weighted by atomic mass is 15.0. The van der Waals surface area contributed by atoms with Gasteiger partial charge >= 0.3 is 0 Å². The average Bonchev–Trinajstić information content (AvgIpc) is 1.54. The average molecular weight is 1250 g/mol. The van der Waals surface area contributed by atoms with E-state index < -0.39 is 0 Å². The van der Waals surface area contributed by atoms with Gasteiger partial charge in [0.1, 0.15) is 0 Å². The molecule has 0 saturated carbocycles. The molecule has 18 aromatic rings. The Balaban J connectivity index is 0.848.